The summed E-state index contributed by atoms with van der Waals surface area (Å²) in [4.78, 5) is 47.4. The highest BCUT2D eigenvalue weighted by Crippen LogP contribution is 2.45. The lowest BCUT2D eigenvalue weighted by atomic mass is 9.67. The second-order valence-electron chi connectivity index (χ2n) is 9.30. The van der Waals surface area contributed by atoms with Crippen molar-refractivity contribution in [3.8, 4) is 6.07 Å². The molecule has 0 bridgehead atoms. The fourth-order valence-electron chi connectivity index (χ4n) is 5.51. The van der Waals surface area contributed by atoms with E-state index in [1.54, 1.807) is 0 Å². The van der Waals surface area contributed by atoms with Gasteiger partial charge in [-0.2, -0.15) is 10.2 Å². The second kappa shape index (κ2) is 11.2. The number of carbonyl (C=O) groups is 2. The average Bonchev–Trinajstić information content (AvgIpc) is 2.89. The van der Waals surface area contributed by atoms with Crippen LogP contribution < -0.4 is 4.90 Å². The molecule has 2 atom stereocenters. The summed E-state index contributed by atoms with van der Waals surface area (Å²) in [7, 11) is 1.18. The maximum Gasteiger partial charge on any atom is 0.407 e. The summed E-state index contributed by atoms with van der Waals surface area (Å²) in [5.74, 6) is -1.56. The summed E-state index contributed by atoms with van der Waals surface area (Å²) in [5, 5.41) is 30.6. The van der Waals surface area contributed by atoms with Crippen LogP contribution in [0.5, 0.6) is 0 Å². The molecule has 0 radical (unpaired) electrons. The molecular formula is C24H23Cl2FN6O6. The Hall–Kier alpha value is -3.76. The number of anilines is 1. The quantitative estimate of drug-likeness (QED) is 0.229. The standard InChI is InChI=1S/C24H23Cl2FN6O6/c1-39-21(34)24(7-2-3-14-15(24)4-5-16(25)18(14)27)11-17-19(33(37)38)20(30-22(26)29-17)31-9-10-32(23(35)36)13(12-31)6-8-28/h4-5,13H,2-3,6-7,9-12H2,1H3,(H,35,36)/t13-,24?/m0/s1. The molecule has 15 heteroatoms. The smallest absolute Gasteiger partial charge is 0.407 e. The Morgan fingerprint density at radius 3 is 2.74 bits per heavy atom. The monoisotopic (exact) mass is 580 g/mol. The number of nitrogens with zero attached hydrogens (tertiary/aromatic N) is 6. The molecule has 1 aromatic carbocycles. The summed E-state index contributed by atoms with van der Waals surface area (Å²) >= 11 is 12.2. The lowest BCUT2D eigenvalue weighted by Gasteiger charge is -2.39. The van der Waals surface area contributed by atoms with Crippen molar-refractivity contribution in [2.75, 3.05) is 31.6 Å². The van der Waals surface area contributed by atoms with Gasteiger partial charge in [-0.25, -0.2) is 14.2 Å². The van der Waals surface area contributed by atoms with Crippen molar-refractivity contribution in [2.45, 2.75) is 43.6 Å². The van der Waals surface area contributed by atoms with Gasteiger partial charge in [0.05, 0.1) is 41.0 Å². The van der Waals surface area contributed by atoms with Crippen LogP contribution in [0.2, 0.25) is 10.3 Å². The van der Waals surface area contributed by atoms with Crippen molar-refractivity contribution in [1.29, 1.82) is 5.26 Å². The molecule has 2 aliphatic rings. The van der Waals surface area contributed by atoms with Crippen LogP contribution in [-0.2, 0) is 27.8 Å². The predicted octanol–water partition coefficient (Wildman–Crippen LogP) is 3.90. The van der Waals surface area contributed by atoms with Crippen LogP contribution >= 0.6 is 23.2 Å². The third-order valence-electron chi connectivity index (χ3n) is 7.24. The van der Waals surface area contributed by atoms with Crippen LogP contribution in [0.25, 0.3) is 0 Å². The second-order valence-corrected chi connectivity index (χ2v) is 10.0. The molecule has 206 valence electrons. The number of halogens is 3. The highest BCUT2D eigenvalue weighted by atomic mass is 35.5. The minimum absolute atomic E-state index is 0.0324. The van der Waals surface area contributed by atoms with Crippen LogP contribution in [0.4, 0.5) is 20.7 Å². The largest absolute Gasteiger partial charge is 0.468 e. The summed E-state index contributed by atoms with van der Waals surface area (Å²) in [5.41, 5.74) is -1.67. The topological polar surface area (TPSA) is 163 Å². The molecule has 1 N–H and O–H groups in total. The summed E-state index contributed by atoms with van der Waals surface area (Å²) < 4.78 is 20.1. The van der Waals surface area contributed by atoms with Crippen LogP contribution in [0.3, 0.4) is 0 Å². The van der Waals surface area contributed by atoms with Crippen LogP contribution in [0.1, 0.15) is 36.1 Å². The molecule has 1 fully saturated rings. The SMILES string of the molecule is COC(=O)C1(Cc2nc(Cl)nc(N3CCN(C(=O)O)[C@@H](CC#N)C3)c2[N+](=O)[O-])CCCc2c1ccc(Cl)c2F. The molecule has 2 heterocycles. The van der Waals surface area contributed by atoms with E-state index in [0.717, 1.165) is 4.90 Å². The predicted molar refractivity (Wildman–Crippen MR) is 136 cm³/mol. The number of benzene rings is 1. The molecule has 1 unspecified atom stereocenters. The third kappa shape index (κ3) is 5.14. The lowest BCUT2D eigenvalue weighted by Crippen LogP contribution is -2.55. The van der Waals surface area contributed by atoms with E-state index in [1.165, 1.54) is 24.1 Å². The van der Waals surface area contributed by atoms with E-state index < -0.39 is 39.9 Å². The van der Waals surface area contributed by atoms with Gasteiger partial charge < -0.3 is 19.6 Å². The number of amides is 1. The Bertz CT molecular complexity index is 1390. The van der Waals surface area contributed by atoms with Gasteiger partial charge in [0.2, 0.25) is 11.1 Å². The van der Waals surface area contributed by atoms with Gasteiger partial charge in [0, 0.05) is 26.1 Å². The van der Waals surface area contributed by atoms with Crippen LogP contribution in [-0.4, -0.2) is 69.7 Å². The Labute approximate surface area is 232 Å². The maximum absolute atomic E-state index is 15.0. The van der Waals surface area contributed by atoms with E-state index in [0.29, 0.717) is 18.4 Å². The Balaban J connectivity index is 1.84. The number of hydrogen-bond acceptors (Lipinski definition) is 9. The molecule has 4 rings (SSSR count). The zero-order valence-electron chi connectivity index (χ0n) is 20.7. The van der Waals surface area contributed by atoms with Crippen LogP contribution in [0.15, 0.2) is 12.1 Å². The van der Waals surface area contributed by atoms with Gasteiger partial charge in [-0.3, -0.25) is 14.9 Å². The zero-order valence-corrected chi connectivity index (χ0v) is 22.2. The Morgan fingerprint density at radius 1 is 1.36 bits per heavy atom. The van der Waals surface area contributed by atoms with Crippen molar-refractivity contribution in [3.63, 3.8) is 0 Å². The first kappa shape index (κ1) is 28.3. The normalized spacial score (nSPS) is 20.6. The third-order valence-corrected chi connectivity index (χ3v) is 7.70. The molecule has 2 aromatic rings. The number of piperazine rings is 1. The van der Waals surface area contributed by atoms with Gasteiger partial charge in [-0.1, -0.05) is 17.7 Å². The van der Waals surface area contributed by atoms with Crippen molar-refractivity contribution in [2.24, 2.45) is 0 Å². The van der Waals surface area contributed by atoms with Crippen molar-refractivity contribution in [3.05, 3.63) is 55.2 Å². The summed E-state index contributed by atoms with van der Waals surface area (Å²) in [6, 6.07) is 4.01. The van der Waals surface area contributed by atoms with Crippen molar-refractivity contribution >= 4 is 46.8 Å². The van der Waals surface area contributed by atoms with E-state index in [9.17, 15) is 34.5 Å². The van der Waals surface area contributed by atoms with E-state index in [4.69, 9.17) is 27.9 Å². The molecule has 0 spiro atoms. The van der Waals surface area contributed by atoms with Gasteiger partial charge >= 0.3 is 17.7 Å². The molecule has 1 saturated heterocycles. The number of carboxylic acid groups (broad SMARTS) is 1. The molecule has 1 aliphatic carbocycles. The number of methoxy groups -OCH3 is 1. The lowest BCUT2D eigenvalue weighted by molar-refractivity contribution is -0.385. The van der Waals surface area contributed by atoms with Gasteiger partial charge in [0.15, 0.2) is 0 Å². The fraction of sp³-hybridized carbons (Fsp3) is 0.458. The number of carbonyl (C=O) groups excluding carboxylic acids is 1. The number of aromatic nitrogens is 2. The van der Waals surface area contributed by atoms with Gasteiger partial charge in [0.1, 0.15) is 11.5 Å². The van der Waals surface area contributed by atoms with Gasteiger partial charge in [-0.15, -0.1) is 0 Å². The van der Waals surface area contributed by atoms with E-state index in [-0.39, 0.29) is 66.3 Å². The Morgan fingerprint density at radius 2 is 2.10 bits per heavy atom. The highest BCUT2D eigenvalue weighted by Gasteiger charge is 2.48. The molecule has 1 amide bonds. The molecule has 1 aliphatic heterocycles. The summed E-state index contributed by atoms with van der Waals surface area (Å²) in [6.45, 7) is -0.0476. The number of nitriles is 1. The fourth-order valence-corrected chi connectivity index (χ4v) is 5.86. The number of nitro groups is 1. The number of rotatable bonds is 6. The minimum Gasteiger partial charge on any atom is -0.468 e. The summed E-state index contributed by atoms with van der Waals surface area (Å²) in [6.07, 6.45) is -0.801. The number of ether oxygens (including phenoxy) is 1. The van der Waals surface area contributed by atoms with E-state index in [1.807, 2.05) is 6.07 Å². The van der Waals surface area contributed by atoms with E-state index in [2.05, 4.69) is 9.97 Å². The van der Waals surface area contributed by atoms with Gasteiger partial charge in [0.25, 0.3) is 0 Å². The highest BCUT2D eigenvalue weighted by molar-refractivity contribution is 6.30. The first-order chi connectivity index (χ1) is 18.5. The van der Waals surface area contributed by atoms with Crippen molar-refractivity contribution in [1.82, 2.24) is 14.9 Å². The molecule has 1 aromatic heterocycles. The minimum atomic E-state index is -1.52. The average molecular weight is 581 g/mol. The molecule has 12 nitrogen and oxygen atoms in total. The zero-order chi connectivity index (χ0) is 28.5. The Kier molecular flexibility index (Phi) is 8.08. The number of hydrogen-bond donors (Lipinski definition) is 1. The molecular weight excluding hydrogens is 558 g/mol. The van der Waals surface area contributed by atoms with Crippen molar-refractivity contribution < 1.29 is 28.7 Å². The maximum atomic E-state index is 15.0. The molecule has 39 heavy (non-hydrogen) atoms. The van der Waals surface area contributed by atoms with E-state index >= 15 is 0 Å². The number of fused-ring (bicyclic) bond motifs is 1. The molecule has 0 saturated carbocycles. The van der Waals surface area contributed by atoms with Gasteiger partial charge in [-0.05, 0) is 48.1 Å². The number of esters is 1. The van der Waals surface area contributed by atoms with Crippen LogP contribution in [0, 0.1) is 27.3 Å². The first-order valence-electron chi connectivity index (χ1n) is 11.9. The first-order valence-corrected chi connectivity index (χ1v) is 12.7.